The number of hydrogen-bond acceptors (Lipinski definition) is 2. The first-order valence-electron chi connectivity index (χ1n) is 3.48. The molecule has 4 N–H and O–H groups in total. The minimum absolute atomic E-state index is 0.191. The number of hydrogen-bond donors (Lipinski definition) is 2. The van der Waals surface area contributed by atoms with Crippen LogP contribution in [-0.4, -0.2) is 6.54 Å². The molecule has 0 aromatic heterocycles. The van der Waals surface area contributed by atoms with Gasteiger partial charge in [0.2, 0.25) is 0 Å². The van der Waals surface area contributed by atoms with Gasteiger partial charge in [-0.2, -0.15) is 0 Å². The van der Waals surface area contributed by atoms with E-state index in [1.165, 1.54) is 6.07 Å². The lowest BCUT2D eigenvalue weighted by molar-refractivity contribution is 0.631. The average Bonchev–Trinajstić information content (AvgIpc) is 1.98. The summed E-state index contributed by atoms with van der Waals surface area (Å²) in [6.45, 7) is 0.561. The molecule has 0 amide bonds. The highest BCUT2D eigenvalue weighted by molar-refractivity contribution is 5.42. The minimum Gasteiger partial charge on any atom is -0.396 e. The Hall–Kier alpha value is -1.09. The molecule has 0 fully saturated rings. The fourth-order valence-corrected chi connectivity index (χ4v) is 0.915. The molecule has 0 radical (unpaired) electrons. The average molecular weight is 154 g/mol. The van der Waals surface area contributed by atoms with Crippen LogP contribution in [0.5, 0.6) is 0 Å². The first-order valence-corrected chi connectivity index (χ1v) is 3.48. The van der Waals surface area contributed by atoms with E-state index in [4.69, 9.17) is 11.5 Å². The van der Waals surface area contributed by atoms with E-state index in [-0.39, 0.29) is 11.5 Å². The van der Waals surface area contributed by atoms with Crippen molar-refractivity contribution in [1.82, 2.24) is 0 Å². The van der Waals surface area contributed by atoms with Gasteiger partial charge in [-0.05, 0) is 30.7 Å². The first-order chi connectivity index (χ1) is 5.24. The second-order valence-electron chi connectivity index (χ2n) is 2.39. The third-order valence-electron chi connectivity index (χ3n) is 1.49. The number of rotatable bonds is 2. The largest absolute Gasteiger partial charge is 0.396 e. The summed E-state index contributed by atoms with van der Waals surface area (Å²) in [4.78, 5) is 0. The maximum absolute atomic E-state index is 12.6. The molecule has 2 nitrogen and oxygen atoms in total. The fourth-order valence-electron chi connectivity index (χ4n) is 0.915. The van der Waals surface area contributed by atoms with Crippen molar-refractivity contribution in [3.63, 3.8) is 0 Å². The standard InChI is InChI=1S/C8H11FN2/c9-7-2-1-6(3-4-10)5-8(7)11/h1-2,5H,3-4,10-11H2. The predicted octanol–water partition coefficient (Wildman–Crippen LogP) is 0.909. The molecule has 0 atom stereocenters. The number of nitrogen functional groups attached to an aromatic ring is 1. The second-order valence-corrected chi connectivity index (χ2v) is 2.39. The van der Waals surface area contributed by atoms with Gasteiger partial charge in [0.25, 0.3) is 0 Å². The number of benzene rings is 1. The van der Waals surface area contributed by atoms with E-state index in [1.807, 2.05) is 0 Å². The molecule has 0 aliphatic heterocycles. The van der Waals surface area contributed by atoms with E-state index in [0.29, 0.717) is 6.54 Å². The Morgan fingerprint density at radius 3 is 2.64 bits per heavy atom. The van der Waals surface area contributed by atoms with Crippen LogP contribution in [0.25, 0.3) is 0 Å². The summed E-state index contributed by atoms with van der Waals surface area (Å²) in [5, 5.41) is 0. The molecule has 1 aromatic rings. The molecule has 0 heterocycles. The smallest absolute Gasteiger partial charge is 0.146 e. The van der Waals surface area contributed by atoms with Crippen molar-refractivity contribution in [2.24, 2.45) is 5.73 Å². The van der Waals surface area contributed by atoms with Crippen molar-refractivity contribution in [3.05, 3.63) is 29.6 Å². The third kappa shape index (κ3) is 1.91. The quantitative estimate of drug-likeness (QED) is 0.622. The monoisotopic (exact) mass is 154 g/mol. The third-order valence-corrected chi connectivity index (χ3v) is 1.49. The molecular weight excluding hydrogens is 143 g/mol. The highest BCUT2D eigenvalue weighted by Crippen LogP contribution is 2.11. The molecule has 0 saturated carbocycles. The van der Waals surface area contributed by atoms with Crippen LogP contribution >= 0.6 is 0 Å². The van der Waals surface area contributed by atoms with Crippen molar-refractivity contribution in [2.45, 2.75) is 6.42 Å². The minimum atomic E-state index is -0.370. The maximum atomic E-state index is 12.6. The van der Waals surface area contributed by atoms with Gasteiger partial charge in [0, 0.05) is 0 Å². The maximum Gasteiger partial charge on any atom is 0.146 e. The molecule has 0 aliphatic carbocycles. The van der Waals surface area contributed by atoms with E-state index in [9.17, 15) is 4.39 Å². The molecule has 11 heavy (non-hydrogen) atoms. The Morgan fingerprint density at radius 1 is 1.36 bits per heavy atom. The van der Waals surface area contributed by atoms with Crippen molar-refractivity contribution < 1.29 is 4.39 Å². The summed E-state index contributed by atoms with van der Waals surface area (Å²) < 4.78 is 12.6. The van der Waals surface area contributed by atoms with Crippen molar-refractivity contribution in [1.29, 1.82) is 0 Å². The van der Waals surface area contributed by atoms with Gasteiger partial charge in [-0.3, -0.25) is 0 Å². The Morgan fingerprint density at radius 2 is 2.09 bits per heavy atom. The summed E-state index contributed by atoms with van der Waals surface area (Å²) in [5.74, 6) is -0.370. The van der Waals surface area contributed by atoms with Gasteiger partial charge in [-0.25, -0.2) is 4.39 Å². The predicted molar refractivity (Wildman–Crippen MR) is 43.6 cm³/mol. The van der Waals surface area contributed by atoms with Crippen LogP contribution in [0.2, 0.25) is 0 Å². The molecule has 0 saturated heterocycles. The number of nitrogens with two attached hydrogens (primary N) is 2. The number of halogens is 1. The number of anilines is 1. The van der Waals surface area contributed by atoms with Gasteiger partial charge in [-0.1, -0.05) is 6.07 Å². The SMILES string of the molecule is NCCc1ccc(F)c(N)c1. The normalized spacial score (nSPS) is 10.0. The van der Waals surface area contributed by atoms with Gasteiger partial charge in [0.05, 0.1) is 5.69 Å². The molecule has 0 aliphatic rings. The van der Waals surface area contributed by atoms with Crippen LogP contribution in [0.1, 0.15) is 5.56 Å². The van der Waals surface area contributed by atoms with Gasteiger partial charge in [-0.15, -0.1) is 0 Å². The molecule has 0 spiro atoms. The van der Waals surface area contributed by atoms with Crippen LogP contribution in [-0.2, 0) is 6.42 Å². The Bertz CT molecular complexity index is 248. The summed E-state index contributed by atoms with van der Waals surface area (Å²) in [6.07, 6.45) is 0.741. The zero-order valence-corrected chi connectivity index (χ0v) is 6.18. The van der Waals surface area contributed by atoms with Crippen LogP contribution in [0.4, 0.5) is 10.1 Å². The van der Waals surface area contributed by atoms with Gasteiger partial charge >= 0.3 is 0 Å². The highest BCUT2D eigenvalue weighted by atomic mass is 19.1. The summed E-state index contributed by atoms with van der Waals surface area (Å²) in [5.41, 5.74) is 11.8. The Balaban J connectivity index is 2.86. The van der Waals surface area contributed by atoms with Crippen LogP contribution in [0.3, 0.4) is 0 Å². The molecule has 1 aromatic carbocycles. The first kappa shape index (κ1) is 8.01. The lowest BCUT2D eigenvalue weighted by Gasteiger charge is -2.00. The summed E-state index contributed by atoms with van der Waals surface area (Å²) in [6, 6.07) is 4.67. The van der Waals surface area contributed by atoms with E-state index >= 15 is 0 Å². The molecule has 60 valence electrons. The van der Waals surface area contributed by atoms with Gasteiger partial charge in [0.15, 0.2) is 0 Å². The van der Waals surface area contributed by atoms with Crippen molar-refractivity contribution >= 4 is 5.69 Å². The molecule has 0 bridgehead atoms. The van der Waals surface area contributed by atoms with E-state index in [0.717, 1.165) is 12.0 Å². The van der Waals surface area contributed by atoms with E-state index in [1.54, 1.807) is 12.1 Å². The fraction of sp³-hybridized carbons (Fsp3) is 0.250. The van der Waals surface area contributed by atoms with Gasteiger partial charge < -0.3 is 11.5 Å². The van der Waals surface area contributed by atoms with Crippen LogP contribution < -0.4 is 11.5 Å². The zero-order valence-electron chi connectivity index (χ0n) is 6.18. The van der Waals surface area contributed by atoms with Crippen molar-refractivity contribution in [2.75, 3.05) is 12.3 Å². The van der Waals surface area contributed by atoms with E-state index in [2.05, 4.69) is 0 Å². The lowest BCUT2D eigenvalue weighted by atomic mass is 10.1. The highest BCUT2D eigenvalue weighted by Gasteiger charge is 1.97. The summed E-state index contributed by atoms with van der Waals surface area (Å²) >= 11 is 0. The van der Waals surface area contributed by atoms with Crippen LogP contribution in [0, 0.1) is 5.82 Å². The van der Waals surface area contributed by atoms with E-state index < -0.39 is 0 Å². The van der Waals surface area contributed by atoms with Crippen LogP contribution in [0.15, 0.2) is 18.2 Å². The topological polar surface area (TPSA) is 52.0 Å². The van der Waals surface area contributed by atoms with Gasteiger partial charge in [0.1, 0.15) is 5.82 Å². The lowest BCUT2D eigenvalue weighted by Crippen LogP contribution is -2.03. The Kier molecular flexibility index (Phi) is 2.44. The second kappa shape index (κ2) is 3.34. The zero-order chi connectivity index (χ0) is 8.27. The molecule has 0 unspecified atom stereocenters. The molecule has 3 heteroatoms. The Labute approximate surface area is 65.0 Å². The van der Waals surface area contributed by atoms with Crippen molar-refractivity contribution in [3.8, 4) is 0 Å². The molecular formula is C8H11FN2. The summed E-state index contributed by atoms with van der Waals surface area (Å²) in [7, 11) is 0. The molecule has 1 rings (SSSR count).